The Bertz CT molecular complexity index is 662. The molecular weight excluding hydrogens is 282 g/mol. The van der Waals surface area contributed by atoms with E-state index in [4.69, 9.17) is 4.74 Å². The van der Waals surface area contributed by atoms with Crippen LogP contribution in [0, 0.1) is 13.8 Å². The van der Waals surface area contributed by atoms with Gasteiger partial charge in [-0.1, -0.05) is 0 Å². The van der Waals surface area contributed by atoms with Crippen molar-refractivity contribution in [3.63, 3.8) is 0 Å². The predicted molar refractivity (Wildman–Crippen MR) is 80.7 cm³/mol. The molecule has 1 aliphatic heterocycles. The molecule has 1 amide bonds. The van der Waals surface area contributed by atoms with Crippen LogP contribution in [0.1, 0.15) is 39.9 Å². The van der Waals surface area contributed by atoms with E-state index in [0.717, 1.165) is 23.6 Å². The number of aryl methyl sites for hydroxylation is 2. The third-order valence-electron chi connectivity index (χ3n) is 4.14. The molecule has 7 heteroatoms. The van der Waals surface area contributed by atoms with E-state index in [1.807, 2.05) is 20.0 Å². The van der Waals surface area contributed by atoms with Crippen molar-refractivity contribution in [1.29, 1.82) is 0 Å². The first-order valence-electron chi connectivity index (χ1n) is 7.45. The monoisotopic (exact) mass is 303 g/mol. The van der Waals surface area contributed by atoms with E-state index in [1.165, 1.54) is 0 Å². The quantitative estimate of drug-likeness (QED) is 0.893. The van der Waals surface area contributed by atoms with Gasteiger partial charge < -0.3 is 14.6 Å². The maximum absolute atomic E-state index is 12.5. The van der Waals surface area contributed by atoms with E-state index < -0.39 is 0 Å². The van der Waals surface area contributed by atoms with E-state index in [0.29, 0.717) is 18.7 Å². The fraction of sp³-hybridized carbons (Fsp3) is 0.533. The van der Waals surface area contributed by atoms with Crippen molar-refractivity contribution in [2.75, 3.05) is 20.2 Å². The molecule has 0 bridgehead atoms. The van der Waals surface area contributed by atoms with E-state index in [-0.39, 0.29) is 17.9 Å². The molecule has 3 heterocycles. The molecule has 1 aliphatic rings. The topological polar surface area (TPSA) is 86.9 Å². The van der Waals surface area contributed by atoms with E-state index in [9.17, 15) is 4.79 Å². The summed E-state index contributed by atoms with van der Waals surface area (Å²) in [4.78, 5) is 21.5. The van der Waals surface area contributed by atoms with Crippen LogP contribution in [0.15, 0.2) is 12.4 Å². The molecule has 1 fully saturated rings. The highest BCUT2D eigenvalue weighted by Gasteiger charge is 2.34. The zero-order valence-electron chi connectivity index (χ0n) is 13.1. The molecular formula is C15H21N5O2. The molecule has 7 nitrogen and oxygen atoms in total. The summed E-state index contributed by atoms with van der Waals surface area (Å²) >= 11 is 0. The van der Waals surface area contributed by atoms with Crippen LogP contribution in [-0.4, -0.2) is 57.3 Å². The van der Waals surface area contributed by atoms with Gasteiger partial charge in [0.15, 0.2) is 5.82 Å². The number of likely N-dealkylation sites (N-methyl/N-ethyl adjacent to an activating group) is 1. The number of hydrogen-bond acceptors (Lipinski definition) is 4. The molecule has 0 radical (unpaired) electrons. The van der Waals surface area contributed by atoms with E-state index in [2.05, 4.69) is 20.2 Å². The summed E-state index contributed by atoms with van der Waals surface area (Å²) in [5, 5.41) is 7.11. The largest absolute Gasteiger partial charge is 0.376 e. The molecule has 22 heavy (non-hydrogen) atoms. The first-order valence-corrected chi connectivity index (χ1v) is 7.45. The Morgan fingerprint density at radius 2 is 2.27 bits per heavy atom. The van der Waals surface area contributed by atoms with Gasteiger partial charge in [0, 0.05) is 32.6 Å². The van der Waals surface area contributed by atoms with Gasteiger partial charge in [-0.3, -0.25) is 9.89 Å². The van der Waals surface area contributed by atoms with Crippen molar-refractivity contribution in [2.24, 2.45) is 0 Å². The summed E-state index contributed by atoms with van der Waals surface area (Å²) in [7, 11) is 1.80. The second-order valence-electron chi connectivity index (χ2n) is 5.82. The average molecular weight is 303 g/mol. The number of carbonyl (C=O) groups excluding carboxylic acids is 1. The summed E-state index contributed by atoms with van der Waals surface area (Å²) in [6, 6.07) is 0. The van der Waals surface area contributed by atoms with Gasteiger partial charge in [0.2, 0.25) is 0 Å². The van der Waals surface area contributed by atoms with Crippen LogP contribution in [0.3, 0.4) is 0 Å². The van der Waals surface area contributed by atoms with Gasteiger partial charge >= 0.3 is 0 Å². The fourth-order valence-corrected chi connectivity index (χ4v) is 2.88. The third-order valence-corrected chi connectivity index (χ3v) is 4.14. The van der Waals surface area contributed by atoms with E-state index >= 15 is 0 Å². The van der Waals surface area contributed by atoms with Gasteiger partial charge in [-0.2, -0.15) is 5.10 Å². The van der Waals surface area contributed by atoms with Crippen molar-refractivity contribution in [3.8, 4) is 0 Å². The fourth-order valence-electron chi connectivity index (χ4n) is 2.88. The summed E-state index contributed by atoms with van der Waals surface area (Å²) in [5.74, 6) is 1.71. The van der Waals surface area contributed by atoms with E-state index in [1.54, 1.807) is 18.1 Å². The van der Waals surface area contributed by atoms with Crippen molar-refractivity contribution in [3.05, 3.63) is 35.2 Å². The lowest BCUT2D eigenvalue weighted by Gasteiger charge is -2.23. The van der Waals surface area contributed by atoms with Crippen LogP contribution >= 0.6 is 0 Å². The highest BCUT2D eigenvalue weighted by molar-refractivity contribution is 5.95. The standard InChI is InChI=1S/C15H21N5O2/c1-9-6-16-7-12(9)15(21)20(3)8-13-11(4-5-22-13)14-17-10(2)18-19-14/h6-7,11,13,16H,4-5,8H2,1-3H3,(H,17,18,19)/t11-,13-/m1/s1. The highest BCUT2D eigenvalue weighted by Crippen LogP contribution is 2.29. The molecule has 1 saturated heterocycles. The normalized spacial score (nSPS) is 21.2. The maximum Gasteiger partial charge on any atom is 0.255 e. The Labute approximate surface area is 129 Å². The van der Waals surface area contributed by atoms with Gasteiger partial charge in [-0.25, -0.2) is 4.98 Å². The number of aromatic nitrogens is 4. The molecule has 2 aromatic heterocycles. The zero-order valence-corrected chi connectivity index (χ0v) is 13.1. The summed E-state index contributed by atoms with van der Waals surface area (Å²) in [6.45, 7) is 5.00. The number of rotatable bonds is 4. The second kappa shape index (κ2) is 5.92. The minimum atomic E-state index is -0.0663. The number of carbonyl (C=O) groups is 1. The molecule has 2 aromatic rings. The molecule has 118 valence electrons. The summed E-state index contributed by atoms with van der Waals surface area (Å²) in [5.41, 5.74) is 1.65. The Morgan fingerprint density at radius 3 is 2.91 bits per heavy atom. The molecule has 0 aromatic carbocycles. The van der Waals surface area contributed by atoms with Gasteiger partial charge in [-0.15, -0.1) is 0 Å². The van der Waals surface area contributed by atoms with Gasteiger partial charge in [0.1, 0.15) is 5.82 Å². The average Bonchev–Trinajstić information content (AvgIpc) is 3.19. The van der Waals surface area contributed by atoms with Gasteiger partial charge in [-0.05, 0) is 25.8 Å². The number of H-pyrrole nitrogens is 2. The van der Waals surface area contributed by atoms with Gasteiger partial charge in [0.25, 0.3) is 5.91 Å². The molecule has 0 aliphatic carbocycles. The molecule has 3 rings (SSSR count). The number of nitrogens with zero attached hydrogens (tertiary/aromatic N) is 3. The lowest BCUT2D eigenvalue weighted by atomic mass is 10.00. The number of aromatic amines is 2. The first kappa shape index (κ1) is 14.8. The van der Waals surface area contributed by atoms with Crippen molar-refractivity contribution >= 4 is 5.91 Å². The SMILES string of the molecule is Cc1nc([C@@H]2CCO[C@@H]2CN(C)C(=O)c2c[nH]cc2C)n[nH]1. The van der Waals surface area contributed by atoms with Crippen LogP contribution in [0.5, 0.6) is 0 Å². The number of amides is 1. The number of hydrogen-bond donors (Lipinski definition) is 2. The predicted octanol–water partition coefficient (Wildman–Crippen LogP) is 1.39. The lowest BCUT2D eigenvalue weighted by Crippen LogP contribution is -2.36. The summed E-state index contributed by atoms with van der Waals surface area (Å²) < 4.78 is 5.80. The Balaban J connectivity index is 1.69. The molecule has 2 atom stereocenters. The first-order chi connectivity index (χ1) is 10.6. The van der Waals surface area contributed by atoms with Crippen molar-refractivity contribution in [1.82, 2.24) is 25.1 Å². The Morgan fingerprint density at radius 1 is 1.45 bits per heavy atom. The van der Waals surface area contributed by atoms with Crippen LogP contribution in [0.4, 0.5) is 0 Å². The Hall–Kier alpha value is -2.15. The van der Waals surface area contributed by atoms with Crippen molar-refractivity contribution < 1.29 is 9.53 Å². The van der Waals surface area contributed by atoms with Crippen LogP contribution in [0.25, 0.3) is 0 Å². The highest BCUT2D eigenvalue weighted by atomic mass is 16.5. The van der Waals surface area contributed by atoms with Crippen LogP contribution < -0.4 is 0 Å². The second-order valence-corrected chi connectivity index (χ2v) is 5.82. The molecule has 0 unspecified atom stereocenters. The molecule has 0 saturated carbocycles. The summed E-state index contributed by atoms with van der Waals surface area (Å²) in [6.07, 6.45) is 4.38. The van der Waals surface area contributed by atoms with Crippen molar-refractivity contribution in [2.45, 2.75) is 32.3 Å². The number of nitrogens with one attached hydrogen (secondary N) is 2. The smallest absolute Gasteiger partial charge is 0.255 e. The van der Waals surface area contributed by atoms with Crippen LogP contribution in [0.2, 0.25) is 0 Å². The van der Waals surface area contributed by atoms with Gasteiger partial charge in [0.05, 0.1) is 17.6 Å². The number of ether oxygens (including phenoxy) is 1. The lowest BCUT2D eigenvalue weighted by molar-refractivity contribution is 0.0550. The maximum atomic E-state index is 12.5. The van der Waals surface area contributed by atoms with Crippen LogP contribution in [-0.2, 0) is 4.74 Å². The third kappa shape index (κ3) is 2.76. The molecule has 0 spiro atoms. The minimum absolute atomic E-state index is 0.000771. The minimum Gasteiger partial charge on any atom is -0.376 e. The Kier molecular flexibility index (Phi) is 3.98. The molecule has 2 N–H and O–H groups in total. The zero-order chi connectivity index (χ0) is 15.7.